The second-order valence-electron chi connectivity index (χ2n) is 3.93. The number of aromatic carboxylic acids is 1. The van der Waals surface area contributed by atoms with Crippen molar-refractivity contribution in [1.29, 1.82) is 0 Å². The van der Waals surface area contributed by atoms with Crippen molar-refractivity contribution in [2.75, 3.05) is 0 Å². The minimum Gasteiger partial charge on any atom is -0.545 e. The molecule has 0 aromatic carbocycles. The molecule has 5 heteroatoms. The van der Waals surface area contributed by atoms with E-state index in [9.17, 15) is 9.90 Å². The first kappa shape index (κ1) is 9.21. The smallest absolute Gasteiger partial charge is 0.162 e. The highest BCUT2D eigenvalue weighted by Gasteiger charge is 2.26. The lowest BCUT2D eigenvalue weighted by atomic mass is 10.2. The summed E-state index contributed by atoms with van der Waals surface area (Å²) in [5, 5.41) is 11.3. The summed E-state index contributed by atoms with van der Waals surface area (Å²) in [5.74, 6) is 0.0360. The number of pyridine rings is 1. The standard InChI is InChI=1S/C11H9N3O2/c15-11(16)8-3-7-4-12-9(6-1-2-6)14-10(7)13-5-8/h3-6H,1-2H2,(H,15,16)/p-1. The number of carbonyl (C=O) groups is 1. The third kappa shape index (κ3) is 1.50. The van der Waals surface area contributed by atoms with E-state index in [0.717, 1.165) is 18.7 Å². The van der Waals surface area contributed by atoms with E-state index in [1.54, 1.807) is 6.20 Å². The van der Waals surface area contributed by atoms with Crippen LogP contribution in [0.3, 0.4) is 0 Å². The van der Waals surface area contributed by atoms with Gasteiger partial charge in [-0.15, -0.1) is 0 Å². The molecule has 2 heterocycles. The zero-order chi connectivity index (χ0) is 11.1. The van der Waals surface area contributed by atoms with E-state index in [1.807, 2.05) is 0 Å². The van der Waals surface area contributed by atoms with Crippen LogP contribution in [0.2, 0.25) is 0 Å². The predicted octanol–water partition coefficient (Wildman–Crippen LogP) is 0.266. The average molecular weight is 214 g/mol. The Bertz CT molecular complexity index is 578. The zero-order valence-corrected chi connectivity index (χ0v) is 8.38. The van der Waals surface area contributed by atoms with Crippen LogP contribution in [-0.4, -0.2) is 20.9 Å². The number of carboxylic acid groups (broad SMARTS) is 1. The fourth-order valence-corrected chi connectivity index (χ4v) is 1.59. The van der Waals surface area contributed by atoms with E-state index in [2.05, 4.69) is 15.0 Å². The third-order valence-corrected chi connectivity index (χ3v) is 2.63. The molecular formula is C11H8N3O2-. The summed E-state index contributed by atoms with van der Waals surface area (Å²) >= 11 is 0. The Morgan fingerprint density at radius 3 is 2.81 bits per heavy atom. The number of carbonyl (C=O) groups excluding carboxylic acids is 1. The number of hydrogen-bond acceptors (Lipinski definition) is 5. The molecule has 1 aliphatic carbocycles. The zero-order valence-electron chi connectivity index (χ0n) is 8.38. The summed E-state index contributed by atoms with van der Waals surface area (Å²) in [4.78, 5) is 23.1. The van der Waals surface area contributed by atoms with Crippen LogP contribution in [0.4, 0.5) is 0 Å². The first-order chi connectivity index (χ1) is 7.74. The van der Waals surface area contributed by atoms with Gasteiger partial charge >= 0.3 is 0 Å². The molecule has 0 spiro atoms. The molecule has 5 nitrogen and oxygen atoms in total. The summed E-state index contributed by atoms with van der Waals surface area (Å²) in [7, 11) is 0. The highest BCUT2D eigenvalue weighted by molar-refractivity contribution is 5.89. The van der Waals surface area contributed by atoms with Crippen LogP contribution < -0.4 is 5.11 Å². The summed E-state index contributed by atoms with van der Waals surface area (Å²) in [5.41, 5.74) is 0.595. The monoisotopic (exact) mass is 214 g/mol. The van der Waals surface area contributed by atoms with Gasteiger partial charge in [0.05, 0.1) is 5.97 Å². The van der Waals surface area contributed by atoms with Crippen molar-refractivity contribution in [3.05, 3.63) is 29.8 Å². The Morgan fingerprint density at radius 2 is 2.12 bits per heavy atom. The Hall–Kier alpha value is -2.04. The minimum absolute atomic E-state index is 0.0512. The number of nitrogens with zero attached hydrogens (tertiary/aromatic N) is 3. The summed E-state index contributed by atoms with van der Waals surface area (Å²) < 4.78 is 0. The molecule has 1 aliphatic rings. The Kier molecular flexibility index (Phi) is 1.86. The quantitative estimate of drug-likeness (QED) is 0.716. The molecule has 0 radical (unpaired) electrons. The lowest BCUT2D eigenvalue weighted by Gasteiger charge is -2.03. The van der Waals surface area contributed by atoms with Crippen LogP contribution in [-0.2, 0) is 0 Å². The third-order valence-electron chi connectivity index (χ3n) is 2.63. The molecule has 3 rings (SSSR count). The van der Waals surface area contributed by atoms with Gasteiger partial charge in [0.1, 0.15) is 5.82 Å². The van der Waals surface area contributed by atoms with Gasteiger partial charge in [0.2, 0.25) is 0 Å². The Labute approximate surface area is 91.2 Å². The van der Waals surface area contributed by atoms with Crippen molar-refractivity contribution >= 4 is 17.0 Å². The lowest BCUT2D eigenvalue weighted by Crippen LogP contribution is -2.22. The van der Waals surface area contributed by atoms with Crippen molar-refractivity contribution in [2.45, 2.75) is 18.8 Å². The number of rotatable bonds is 2. The number of carboxylic acids is 1. The molecule has 0 atom stereocenters. The van der Waals surface area contributed by atoms with Gasteiger partial charge in [0, 0.05) is 29.3 Å². The Balaban J connectivity index is 2.12. The van der Waals surface area contributed by atoms with E-state index >= 15 is 0 Å². The lowest BCUT2D eigenvalue weighted by molar-refractivity contribution is -0.255. The molecule has 16 heavy (non-hydrogen) atoms. The summed E-state index contributed by atoms with van der Waals surface area (Å²) in [6, 6.07) is 1.48. The van der Waals surface area contributed by atoms with E-state index in [1.165, 1.54) is 12.3 Å². The van der Waals surface area contributed by atoms with Crippen molar-refractivity contribution in [2.24, 2.45) is 0 Å². The van der Waals surface area contributed by atoms with Crippen LogP contribution in [0.5, 0.6) is 0 Å². The Morgan fingerprint density at radius 1 is 1.31 bits per heavy atom. The van der Waals surface area contributed by atoms with Crippen molar-refractivity contribution < 1.29 is 9.90 Å². The predicted molar refractivity (Wildman–Crippen MR) is 53.6 cm³/mol. The van der Waals surface area contributed by atoms with Gasteiger partial charge in [-0.1, -0.05) is 0 Å². The molecule has 80 valence electrons. The van der Waals surface area contributed by atoms with Gasteiger partial charge in [0.15, 0.2) is 5.65 Å². The SMILES string of the molecule is O=C([O-])c1cnc2nc(C3CC3)ncc2c1. The minimum atomic E-state index is -1.24. The largest absolute Gasteiger partial charge is 0.545 e. The molecule has 1 saturated carbocycles. The van der Waals surface area contributed by atoms with Crippen LogP contribution in [0.1, 0.15) is 34.9 Å². The van der Waals surface area contributed by atoms with E-state index in [-0.39, 0.29) is 5.56 Å². The summed E-state index contributed by atoms with van der Waals surface area (Å²) in [6.07, 6.45) is 5.14. The molecule has 0 amide bonds. The highest BCUT2D eigenvalue weighted by atomic mass is 16.4. The number of fused-ring (bicyclic) bond motifs is 1. The topological polar surface area (TPSA) is 78.8 Å². The molecule has 2 aromatic rings. The molecule has 0 aliphatic heterocycles. The fraction of sp³-hybridized carbons (Fsp3) is 0.273. The molecule has 0 bridgehead atoms. The van der Waals surface area contributed by atoms with Crippen molar-refractivity contribution in [3.8, 4) is 0 Å². The molecule has 0 unspecified atom stereocenters. The van der Waals surface area contributed by atoms with Crippen LogP contribution >= 0.6 is 0 Å². The normalized spacial score (nSPS) is 15.2. The molecule has 0 N–H and O–H groups in total. The van der Waals surface area contributed by atoms with Gasteiger partial charge in [-0.2, -0.15) is 0 Å². The second-order valence-corrected chi connectivity index (χ2v) is 3.93. The van der Waals surface area contributed by atoms with Crippen LogP contribution in [0, 0.1) is 0 Å². The average Bonchev–Trinajstić information content (AvgIpc) is 3.11. The first-order valence-corrected chi connectivity index (χ1v) is 5.08. The van der Waals surface area contributed by atoms with Gasteiger partial charge in [-0.25, -0.2) is 15.0 Å². The maximum absolute atomic E-state index is 10.6. The fourth-order valence-electron chi connectivity index (χ4n) is 1.59. The van der Waals surface area contributed by atoms with E-state index in [0.29, 0.717) is 17.0 Å². The number of hydrogen-bond donors (Lipinski definition) is 0. The maximum Gasteiger partial charge on any atom is 0.162 e. The molecular weight excluding hydrogens is 206 g/mol. The highest BCUT2D eigenvalue weighted by Crippen LogP contribution is 2.38. The van der Waals surface area contributed by atoms with Gasteiger partial charge in [-0.3, -0.25) is 0 Å². The number of aromatic nitrogens is 3. The van der Waals surface area contributed by atoms with Gasteiger partial charge < -0.3 is 9.90 Å². The van der Waals surface area contributed by atoms with Crippen molar-refractivity contribution in [3.63, 3.8) is 0 Å². The second kappa shape index (κ2) is 3.23. The molecule has 1 fully saturated rings. The van der Waals surface area contributed by atoms with Gasteiger partial charge in [-0.05, 0) is 18.9 Å². The molecule has 2 aromatic heterocycles. The van der Waals surface area contributed by atoms with Crippen LogP contribution in [0.25, 0.3) is 11.0 Å². The first-order valence-electron chi connectivity index (χ1n) is 5.08. The van der Waals surface area contributed by atoms with Crippen LogP contribution in [0.15, 0.2) is 18.5 Å². The maximum atomic E-state index is 10.6. The summed E-state index contributed by atoms with van der Waals surface area (Å²) in [6.45, 7) is 0. The van der Waals surface area contributed by atoms with E-state index in [4.69, 9.17) is 0 Å². The molecule has 0 saturated heterocycles. The van der Waals surface area contributed by atoms with E-state index < -0.39 is 5.97 Å². The van der Waals surface area contributed by atoms with Gasteiger partial charge in [0.25, 0.3) is 0 Å². The van der Waals surface area contributed by atoms with Crippen molar-refractivity contribution in [1.82, 2.24) is 15.0 Å².